The second-order valence-electron chi connectivity index (χ2n) is 11.4. The highest BCUT2D eigenvalue weighted by molar-refractivity contribution is 7.09. The molecule has 0 aliphatic rings. The number of hydrogen-bond donors (Lipinski definition) is 4. The number of nitrogens with zero attached hydrogens (tertiary/aromatic N) is 2. The van der Waals surface area contributed by atoms with E-state index in [1.807, 2.05) is 53.9 Å². The summed E-state index contributed by atoms with van der Waals surface area (Å²) < 4.78 is 0. The van der Waals surface area contributed by atoms with Gasteiger partial charge in [0.25, 0.3) is 0 Å². The largest absolute Gasteiger partial charge is 0.356 e. The molecule has 0 radical (unpaired) electrons. The number of aromatic nitrogens is 1. The molecule has 2 aromatic carbocycles. The van der Waals surface area contributed by atoms with E-state index in [1.165, 1.54) is 17.4 Å². The highest BCUT2D eigenvalue weighted by Gasteiger charge is 2.25. The zero-order valence-corrected chi connectivity index (χ0v) is 26.5. The van der Waals surface area contributed by atoms with Gasteiger partial charge in [-0.15, -0.1) is 11.3 Å². The van der Waals surface area contributed by atoms with Crippen LogP contribution in [0.1, 0.15) is 67.8 Å². The Balaban J connectivity index is 1.67. The first-order chi connectivity index (χ1) is 20.6. The van der Waals surface area contributed by atoms with Crippen molar-refractivity contribution in [3.05, 3.63) is 87.9 Å². The van der Waals surface area contributed by atoms with Crippen molar-refractivity contribution in [2.24, 2.45) is 5.73 Å². The van der Waals surface area contributed by atoms with Crippen molar-refractivity contribution in [3.8, 4) is 0 Å². The van der Waals surface area contributed by atoms with E-state index < -0.39 is 6.04 Å². The molecule has 3 aromatic rings. The third kappa shape index (κ3) is 12.2. The number of rotatable bonds is 16. The molecule has 4 amide bonds. The Morgan fingerprint density at radius 2 is 1.53 bits per heavy atom. The lowest BCUT2D eigenvalue weighted by Crippen LogP contribution is -2.53. The van der Waals surface area contributed by atoms with Gasteiger partial charge in [0.05, 0.1) is 17.2 Å². The summed E-state index contributed by atoms with van der Waals surface area (Å²) in [6.07, 6.45) is 3.06. The average molecular weight is 607 g/mol. The van der Waals surface area contributed by atoms with Crippen LogP contribution < -0.4 is 21.7 Å². The standard InChI is InChI=1S/C33H46N6O3S/c1-23(2)32-37-29(22-43-32)21-39(4)33(42)38-30(17-18-35-24(3)40)31(41)36-28(20-26-13-9-6-10-14-26)16-15-27(34)19-25-11-7-5-8-12-25/h5-14,22-23,27-28,30H,15-21,34H2,1-4H3,(H,35,40)(H,36,41)(H,38,42)/t27-,28?,30?/m0/s1. The first-order valence-electron chi connectivity index (χ1n) is 14.9. The third-order valence-electron chi connectivity index (χ3n) is 7.13. The number of carbonyl (C=O) groups excluding carboxylic acids is 3. The summed E-state index contributed by atoms with van der Waals surface area (Å²) in [6, 6.07) is 18.7. The van der Waals surface area contributed by atoms with Crippen molar-refractivity contribution in [3.63, 3.8) is 0 Å². The van der Waals surface area contributed by atoms with Gasteiger partial charge in [0, 0.05) is 43.9 Å². The van der Waals surface area contributed by atoms with Gasteiger partial charge in [-0.3, -0.25) is 9.59 Å². The van der Waals surface area contributed by atoms with E-state index in [-0.39, 0.29) is 42.9 Å². The Morgan fingerprint density at radius 3 is 2.12 bits per heavy atom. The Bertz CT molecular complexity index is 1280. The van der Waals surface area contributed by atoms with Gasteiger partial charge in [-0.2, -0.15) is 0 Å². The summed E-state index contributed by atoms with van der Waals surface area (Å²) in [5.74, 6) is -0.168. The quantitative estimate of drug-likeness (QED) is 0.192. The fourth-order valence-corrected chi connectivity index (χ4v) is 5.58. The lowest BCUT2D eigenvalue weighted by Gasteiger charge is -2.26. The number of carbonyl (C=O) groups is 3. The van der Waals surface area contributed by atoms with Crippen LogP contribution in [0.3, 0.4) is 0 Å². The van der Waals surface area contributed by atoms with Crippen molar-refractivity contribution in [2.75, 3.05) is 13.6 Å². The molecule has 5 N–H and O–H groups in total. The Labute approximate surface area is 259 Å². The molecule has 0 aliphatic heterocycles. The van der Waals surface area contributed by atoms with Gasteiger partial charge in [-0.1, -0.05) is 74.5 Å². The van der Waals surface area contributed by atoms with E-state index in [1.54, 1.807) is 18.4 Å². The van der Waals surface area contributed by atoms with Gasteiger partial charge in [0.1, 0.15) is 6.04 Å². The van der Waals surface area contributed by atoms with Gasteiger partial charge in [0.2, 0.25) is 11.8 Å². The Morgan fingerprint density at radius 1 is 0.907 bits per heavy atom. The second kappa shape index (κ2) is 17.4. The molecule has 232 valence electrons. The van der Waals surface area contributed by atoms with Crippen LogP contribution in [-0.4, -0.2) is 59.4 Å². The van der Waals surface area contributed by atoms with Crippen molar-refractivity contribution in [2.45, 2.75) is 83.5 Å². The number of amides is 4. The topological polar surface area (TPSA) is 129 Å². The van der Waals surface area contributed by atoms with Gasteiger partial charge < -0.3 is 26.6 Å². The fraction of sp³-hybridized carbons (Fsp3) is 0.455. The van der Waals surface area contributed by atoms with Crippen LogP contribution in [-0.2, 0) is 29.0 Å². The van der Waals surface area contributed by atoms with Crippen LogP contribution >= 0.6 is 11.3 Å². The number of nitrogens with two attached hydrogens (primary N) is 1. The third-order valence-corrected chi connectivity index (χ3v) is 8.32. The molecular weight excluding hydrogens is 560 g/mol. The molecule has 0 spiro atoms. The summed E-state index contributed by atoms with van der Waals surface area (Å²) in [7, 11) is 1.68. The van der Waals surface area contributed by atoms with Gasteiger partial charge in [-0.05, 0) is 43.2 Å². The van der Waals surface area contributed by atoms with Crippen LogP contribution in [0.25, 0.3) is 0 Å². The zero-order valence-electron chi connectivity index (χ0n) is 25.7. The summed E-state index contributed by atoms with van der Waals surface area (Å²) >= 11 is 1.58. The molecule has 0 aliphatic carbocycles. The zero-order chi connectivity index (χ0) is 31.2. The smallest absolute Gasteiger partial charge is 0.318 e. The maximum Gasteiger partial charge on any atom is 0.318 e. The number of benzene rings is 2. The van der Waals surface area contributed by atoms with Crippen LogP contribution in [0.5, 0.6) is 0 Å². The SMILES string of the molecule is CC(=O)NCCC(NC(=O)N(C)Cc1csc(C(C)C)n1)C(=O)NC(CC[C@H](N)Cc1ccccc1)Cc1ccccc1. The van der Waals surface area contributed by atoms with Crippen LogP contribution in [0.4, 0.5) is 4.79 Å². The first kappa shape index (κ1) is 33.7. The average Bonchev–Trinajstić information content (AvgIpc) is 3.45. The van der Waals surface area contributed by atoms with E-state index in [0.717, 1.165) is 29.1 Å². The molecule has 1 heterocycles. The van der Waals surface area contributed by atoms with Gasteiger partial charge in [-0.25, -0.2) is 9.78 Å². The molecule has 9 nitrogen and oxygen atoms in total. The van der Waals surface area contributed by atoms with Crippen molar-refractivity contribution in [1.29, 1.82) is 0 Å². The lowest BCUT2D eigenvalue weighted by atomic mass is 9.96. The second-order valence-corrected chi connectivity index (χ2v) is 12.3. The van der Waals surface area contributed by atoms with E-state index in [4.69, 9.17) is 5.73 Å². The van der Waals surface area contributed by atoms with Crippen LogP contribution in [0.2, 0.25) is 0 Å². The summed E-state index contributed by atoms with van der Waals surface area (Å²) in [6.45, 7) is 6.17. The van der Waals surface area contributed by atoms with Crippen molar-refractivity contribution < 1.29 is 14.4 Å². The molecule has 3 rings (SSSR count). The minimum Gasteiger partial charge on any atom is -0.356 e. The lowest BCUT2D eigenvalue weighted by molar-refractivity contribution is -0.124. The minimum atomic E-state index is -0.834. The Hall–Kier alpha value is -3.76. The molecule has 2 unspecified atom stereocenters. The predicted octanol–water partition coefficient (Wildman–Crippen LogP) is 4.38. The number of thiazole rings is 1. The van der Waals surface area contributed by atoms with Crippen molar-refractivity contribution in [1.82, 2.24) is 25.8 Å². The van der Waals surface area contributed by atoms with Crippen LogP contribution in [0.15, 0.2) is 66.0 Å². The highest BCUT2D eigenvalue weighted by Crippen LogP contribution is 2.20. The van der Waals surface area contributed by atoms with Crippen molar-refractivity contribution >= 4 is 29.2 Å². The van der Waals surface area contributed by atoms with Gasteiger partial charge >= 0.3 is 6.03 Å². The van der Waals surface area contributed by atoms with E-state index in [9.17, 15) is 14.4 Å². The molecule has 0 saturated carbocycles. The molecule has 0 bridgehead atoms. The molecule has 1 aromatic heterocycles. The predicted molar refractivity (Wildman–Crippen MR) is 173 cm³/mol. The molecule has 0 saturated heterocycles. The maximum absolute atomic E-state index is 13.7. The molecule has 3 atom stereocenters. The molecule has 10 heteroatoms. The normalized spacial score (nSPS) is 13.2. The number of hydrogen-bond acceptors (Lipinski definition) is 6. The van der Waals surface area contributed by atoms with E-state index in [2.05, 4.69) is 46.9 Å². The molecular formula is C33H46N6O3S. The van der Waals surface area contributed by atoms with E-state index >= 15 is 0 Å². The maximum atomic E-state index is 13.7. The summed E-state index contributed by atoms with van der Waals surface area (Å²) in [4.78, 5) is 44.5. The highest BCUT2D eigenvalue weighted by atomic mass is 32.1. The summed E-state index contributed by atoms with van der Waals surface area (Å²) in [5, 5.41) is 11.8. The number of nitrogens with one attached hydrogen (secondary N) is 3. The molecule has 43 heavy (non-hydrogen) atoms. The first-order valence-corrected chi connectivity index (χ1v) is 15.8. The summed E-state index contributed by atoms with van der Waals surface area (Å²) in [5.41, 5.74) is 9.58. The number of urea groups is 1. The van der Waals surface area contributed by atoms with E-state index in [0.29, 0.717) is 25.3 Å². The van der Waals surface area contributed by atoms with Crippen LogP contribution in [0, 0.1) is 0 Å². The Kier molecular flexibility index (Phi) is 13.6. The van der Waals surface area contributed by atoms with Gasteiger partial charge in [0.15, 0.2) is 0 Å². The molecule has 0 fully saturated rings. The minimum absolute atomic E-state index is 0.0524. The fourth-order valence-electron chi connectivity index (χ4n) is 4.76. The monoisotopic (exact) mass is 606 g/mol.